The number of aryl methyl sites for hydroxylation is 1. The number of carbonyl (C=O) groups is 1. The summed E-state index contributed by atoms with van der Waals surface area (Å²) in [5.41, 5.74) is 2.38. The molecular formula is C26H32N2O3S. The van der Waals surface area contributed by atoms with E-state index in [1.54, 1.807) is 23.5 Å². The molecule has 0 radical (unpaired) electrons. The summed E-state index contributed by atoms with van der Waals surface area (Å²) in [5, 5.41) is 4.04. The number of thiophene rings is 1. The molecule has 1 amide bonds. The molecule has 1 atom stereocenters. The SMILES string of the molecule is CCOc1ccc([C@H](c2cc(CC)sc2NC(=O)c2ccco2)N2CCC(C)CC2)cc1. The monoisotopic (exact) mass is 452 g/mol. The number of ether oxygens (including phenoxy) is 1. The van der Waals surface area contributed by atoms with Crippen LogP contribution < -0.4 is 10.1 Å². The fourth-order valence-corrected chi connectivity index (χ4v) is 5.32. The number of nitrogens with one attached hydrogen (secondary N) is 1. The molecular weight excluding hydrogens is 420 g/mol. The summed E-state index contributed by atoms with van der Waals surface area (Å²) in [5.74, 6) is 1.75. The van der Waals surface area contributed by atoms with Crippen LogP contribution in [0.15, 0.2) is 53.1 Å². The molecule has 2 aromatic heterocycles. The number of rotatable bonds is 8. The average Bonchev–Trinajstić information content (AvgIpc) is 3.47. The van der Waals surface area contributed by atoms with Crippen molar-refractivity contribution in [3.63, 3.8) is 0 Å². The van der Waals surface area contributed by atoms with Gasteiger partial charge in [0.05, 0.1) is 18.9 Å². The van der Waals surface area contributed by atoms with Crippen LogP contribution in [0.5, 0.6) is 5.75 Å². The number of piperidine rings is 1. The van der Waals surface area contributed by atoms with Gasteiger partial charge in [-0.15, -0.1) is 11.3 Å². The molecule has 0 bridgehead atoms. The van der Waals surface area contributed by atoms with Crippen LogP contribution in [0.4, 0.5) is 5.00 Å². The van der Waals surface area contributed by atoms with E-state index in [1.165, 1.54) is 29.5 Å². The Morgan fingerprint density at radius 2 is 1.97 bits per heavy atom. The summed E-state index contributed by atoms with van der Waals surface area (Å²) in [6.45, 7) is 9.22. The van der Waals surface area contributed by atoms with Gasteiger partial charge in [-0.3, -0.25) is 9.69 Å². The summed E-state index contributed by atoms with van der Waals surface area (Å²) in [7, 11) is 0. The van der Waals surface area contributed by atoms with E-state index in [1.807, 2.05) is 19.1 Å². The maximum atomic E-state index is 12.8. The maximum Gasteiger partial charge on any atom is 0.291 e. The van der Waals surface area contributed by atoms with Crippen molar-refractivity contribution in [3.8, 4) is 5.75 Å². The standard InChI is InChI=1S/C26H32N2O3S/c1-4-21-17-22(26(32-21)27-25(29)23-7-6-16-31-23)24(28-14-12-18(3)13-15-28)19-8-10-20(11-9-19)30-5-2/h6-11,16-18,24H,4-5,12-15H2,1-3H3,(H,27,29)/t24-/m1/s1. The molecule has 0 spiro atoms. The minimum absolute atomic E-state index is 0.0848. The van der Waals surface area contributed by atoms with E-state index in [4.69, 9.17) is 9.15 Å². The Morgan fingerprint density at radius 1 is 1.22 bits per heavy atom. The van der Waals surface area contributed by atoms with Crippen molar-refractivity contribution >= 4 is 22.2 Å². The minimum Gasteiger partial charge on any atom is -0.494 e. The fourth-order valence-electron chi connectivity index (χ4n) is 4.29. The predicted octanol–water partition coefficient (Wildman–Crippen LogP) is 6.38. The Kier molecular flexibility index (Phi) is 7.33. The number of hydrogen-bond donors (Lipinski definition) is 1. The number of amides is 1. The van der Waals surface area contributed by atoms with E-state index >= 15 is 0 Å². The van der Waals surface area contributed by atoms with E-state index in [9.17, 15) is 4.79 Å². The number of carbonyl (C=O) groups excluding carboxylic acids is 1. The molecule has 170 valence electrons. The predicted molar refractivity (Wildman–Crippen MR) is 130 cm³/mol. The highest BCUT2D eigenvalue weighted by molar-refractivity contribution is 7.16. The minimum atomic E-state index is -0.210. The third kappa shape index (κ3) is 5.08. The van der Waals surface area contributed by atoms with Gasteiger partial charge in [0.25, 0.3) is 5.91 Å². The van der Waals surface area contributed by atoms with Gasteiger partial charge in [0, 0.05) is 10.4 Å². The van der Waals surface area contributed by atoms with Gasteiger partial charge >= 0.3 is 0 Å². The van der Waals surface area contributed by atoms with Crippen LogP contribution in [-0.2, 0) is 6.42 Å². The Bertz CT molecular complexity index is 1000. The highest BCUT2D eigenvalue weighted by Crippen LogP contribution is 2.41. The fraction of sp³-hybridized carbons (Fsp3) is 0.423. The lowest BCUT2D eigenvalue weighted by Gasteiger charge is -2.37. The van der Waals surface area contributed by atoms with Gasteiger partial charge in [-0.1, -0.05) is 26.0 Å². The van der Waals surface area contributed by atoms with Crippen LogP contribution in [0, 0.1) is 5.92 Å². The number of nitrogens with zero attached hydrogens (tertiary/aromatic N) is 1. The number of anilines is 1. The first-order valence-electron chi connectivity index (χ1n) is 11.5. The lowest BCUT2D eigenvalue weighted by atomic mass is 9.92. The van der Waals surface area contributed by atoms with Crippen molar-refractivity contribution in [1.29, 1.82) is 0 Å². The molecule has 4 rings (SSSR count). The van der Waals surface area contributed by atoms with Gasteiger partial charge in [0.2, 0.25) is 0 Å². The van der Waals surface area contributed by atoms with Crippen molar-refractivity contribution in [2.45, 2.75) is 46.1 Å². The van der Waals surface area contributed by atoms with E-state index in [2.05, 4.69) is 42.3 Å². The lowest BCUT2D eigenvalue weighted by Crippen LogP contribution is -2.37. The second kappa shape index (κ2) is 10.4. The molecule has 3 aromatic rings. The largest absolute Gasteiger partial charge is 0.494 e. The van der Waals surface area contributed by atoms with Crippen LogP contribution in [0.3, 0.4) is 0 Å². The summed E-state index contributed by atoms with van der Waals surface area (Å²) in [4.78, 5) is 16.6. The lowest BCUT2D eigenvalue weighted by molar-refractivity contribution is 0.0996. The molecule has 1 aliphatic rings. The normalized spacial score (nSPS) is 16.1. The number of hydrogen-bond acceptors (Lipinski definition) is 5. The molecule has 5 nitrogen and oxygen atoms in total. The zero-order valence-corrected chi connectivity index (χ0v) is 19.9. The topological polar surface area (TPSA) is 54.7 Å². The van der Waals surface area contributed by atoms with Gasteiger partial charge in [-0.2, -0.15) is 0 Å². The molecule has 32 heavy (non-hydrogen) atoms. The Hall–Kier alpha value is -2.57. The van der Waals surface area contributed by atoms with E-state index in [-0.39, 0.29) is 11.9 Å². The first kappa shape index (κ1) is 22.6. The Balaban J connectivity index is 1.71. The van der Waals surface area contributed by atoms with Crippen LogP contribution in [0.1, 0.15) is 66.2 Å². The van der Waals surface area contributed by atoms with Gasteiger partial charge in [-0.05, 0) is 81.1 Å². The Labute approximate surface area is 194 Å². The molecule has 3 heterocycles. The first-order chi connectivity index (χ1) is 15.6. The second-order valence-corrected chi connectivity index (χ2v) is 9.54. The van der Waals surface area contributed by atoms with Gasteiger partial charge in [0.15, 0.2) is 5.76 Å². The summed E-state index contributed by atoms with van der Waals surface area (Å²) < 4.78 is 11.0. The van der Waals surface area contributed by atoms with Crippen LogP contribution in [-0.4, -0.2) is 30.5 Å². The first-order valence-corrected chi connectivity index (χ1v) is 12.3. The van der Waals surface area contributed by atoms with Gasteiger partial charge < -0.3 is 14.5 Å². The average molecular weight is 453 g/mol. The highest BCUT2D eigenvalue weighted by atomic mass is 32.1. The summed E-state index contributed by atoms with van der Waals surface area (Å²) in [6.07, 6.45) is 4.83. The Morgan fingerprint density at radius 3 is 2.59 bits per heavy atom. The van der Waals surface area contributed by atoms with Crippen LogP contribution in [0.25, 0.3) is 0 Å². The molecule has 0 aliphatic carbocycles. The molecule has 0 unspecified atom stereocenters. The quantitative estimate of drug-likeness (QED) is 0.431. The molecule has 1 fully saturated rings. The molecule has 1 aromatic carbocycles. The smallest absolute Gasteiger partial charge is 0.291 e. The third-order valence-corrected chi connectivity index (χ3v) is 7.33. The van der Waals surface area contributed by atoms with E-state index in [0.717, 1.165) is 41.7 Å². The molecule has 1 aliphatic heterocycles. The molecule has 6 heteroatoms. The number of benzene rings is 1. The second-order valence-electron chi connectivity index (χ2n) is 8.41. The third-order valence-electron chi connectivity index (χ3n) is 6.12. The summed E-state index contributed by atoms with van der Waals surface area (Å²) in [6, 6.07) is 14.2. The zero-order valence-electron chi connectivity index (χ0n) is 19.1. The molecule has 1 saturated heterocycles. The van der Waals surface area contributed by atoms with Gasteiger partial charge in [-0.25, -0.2) is 0 Å². The van der Waals surface area contributed by atoms with E-state index < -0.39 is 0 Å². The van der Waals surface area contributed by atoms with Gasteiger partial charge in [0.1, 0.15) is 10.8 Å². The number of likely N-dealkylation sites (tertiary alicyclic amines) is 1. The summed E-state index contributed by atoms with van der Waals surface area (Å²) >= 11 is 1.66. The van der Waals surface area contributed by atoms with Crippen molar-refractivity contribution < 1.29 is 13.9 Å². The number of furan rings is 1. The van der Waals surface area contributed by atoms with E-state index in [0.29, 0.717) is 12.4 Å². The van der Waals surface area contributed by atoms with Crippen LogP contribution >= 0.6 is 11.3 Å². The zero-order chi connectivity index (χ0) is 22.5. The van der Waals surface area contributed by atoms with Crippen molar-refractivity contribution in [1.82, 2.24) is 4.90 Å². The van der Waals surface area contributed by atoms with Crippen molar-refractivity contribution in [2.75, 3.05) is 25.0 Å². The van der Waals surface area contributed by atoms with Crippen LogP contribution in [0.2, 0.25) is 0 Å². The maximum absolute atomic E-state index is 12.8. The van der Waals surface area contributed by atoms with Crippen molar-refractivity contribution in [2.24, 2.45) is 5.92 Å². The molecule has 0 saturated carbocycles. The highest BCUT2D eigenvalue weighted by Gasteiger charge is 2.30. The van der Waals surface area contributed by atoms with Crippen molar-refractivity contribution in [3.05, 3.63) is 70.5 Å². The molecule has 1 N–H and O–H groups in total.